The van der Waals surface area contributed by atoms with E-state index in [4.69, 9.17) is 11.6 Å². The first-order valence-electron chi connectivity index (χ1n) is 3.42. The van der Waals surface area contributed by atoms with Crippen molar-refractivity contribution in [1.29, 1.82) is 0 Å². The van der Waals surface area contributed by atoms with Gasteiger partial charge < -0.3 is 10.3 Å². The molecule has 0 spiro atoms. The molecule has 2 rings (SSSR count). The minimum Gasteiger partial charge on any atom is -0.399 e. The Hall–Kier alpha value is -1.42. The molecule has 0 saturated carbocycles. The van der Waals surface area contributed by atoms with Crippen molar-refractivity contribution in [2.75, 3.05) is 5.01 Å². The van der Waals surface area contributed by atoms with Crippen molar-refractivity contribution in [3.05, 3.63) is 30.2 Å². The maximum absolute atomic E-state index is 5.64. The zero-order chi connectivity index (χ0) is 7.84. The number of rotatable bonds is 0. The largest absolute Gasteiger partial charge is 0.399 e. The molecule has 11 heavy (non-hydrogen) atoms. The van der Waals surface area contributed by atoms with Crippen LogP contribution in [0.5, 0.6) is 0 Å². The number of hydrogen-bond donors (Lipinski definition) is 2. The topological polar surface area (TPSA) is 60.2 Å². The molecule has 2 heterocycles. The maximum Gasteiger partial charge on any atom is 0.127 e. The zero-order valence-electron chi connectivity index (χ0n) is 6.07. The van der Waals surface area contributed by atoms with Crippen molar-refractivity contribution in [3.63, 3.8) is 0 Å². The lowest BCUT2D eigenvalue weighted by Crippen LogP contribution is -2.32. The number of allylic oxidation sites excluding steroid dienone is 1. The number of nitrogens with two attached hydrogens (primary N) is 2. The lowest BCUT2D eigenvalue weighted by molar-refractivity contribution is 0.729. The van der Waals surface area contributed by atoms with Crippen molar-refractivity contribution in [3.8, 4) is 0 Å². The van der Waals surface area contributed by atoms with Gasteiger partial charge in [-0.1, -0.05) is 0 Å². The van der Waals surface area contributed by atoms with Gasteiger partial charge in [0.15, 0.2) is 0 Å². The summed E-state index contributed by atoms with van der Waals surface area (Å²) in [6.07, 6.45) is 3.68. The monoisotopic (exact) mass is 150 g/mol. The van der Waals surface area contributed by atoms with Gasteiger partial charge in [-0.05, 0) is 12.1 Å². The molecule has 0 aromatic carbocycles. The van der Waals surface area contributed by atoms with Gasteiger partial charge in [0.1, 0.15) is 5.82 Å². The van der Waals surface area contributed by atoms with Crippen molar-refractivity contribution in [2.45, 2.75) is 6.54 Å². The fourth-order valence-electron chi connectivity index (χ4n) is 1.26. The molecule has 0 radical (unpaired) electrons. The normalized spacial score (nSPS) is 16.1. The fourth-order valence-corrected chi connectivity index (χ4v) is 1.26. The van der Waals surface area contributed by atoms with Crippen molar-refractivity contribution in [2.24, 2.45) is 11.6 Å². The second kappa shape index (κ2) is 2.03. The van der Waals surface area contributed by atoms with Gasteiger partial charge in [-0.2, -0.15) is 0 Å². The third-order valence-electron chi connectivity index (χ3n) is 1.73. The van der Waals surface area contributed by atoms with E-state index < -0.39 is 0 Å². The molecule has 4 heteroatoms. The van der Waals surface area contributed by atoms with Gasteiger partial charge in [0.05, 0.1) is 6.54 Å². The highest BCUT2D eigenvalue weighted by Gasteiger charge is 2.10. The van der Waals surface area contributed by atoms with Crippen LogP contribution in [0.2, 0.25) is 0 Å². The van der Waals surface area contributed by atoms with Gasteiger partial charge in [0, 0.05) is 18.1 Å². The van der Waals surface area contributed by atoms with E-state index in [-0.39, 0.29) is 0 Å². The summed E-state index contributed by atoms with van der Waals surface area (Å²) < 4.78 is 2.00. The molecular formula is C7H10N4. The van der Waals surface area contributed by atoms with Crippen LogP contribution in [0.1, 0.15) is 0 Å². The first-order valence-corrected chi connectivity index (χ1v) is 3.42. The van der Waals surface area contributed by atoms with Crippen LogP contribution in [0.15, 0.2) is 30.2 Å². The van der Waals surface area contributed by atoms with Crippen LogP contribution in [-0.2, 0) is 6.54 Å². The van der Waals surface area contributed by atoms with Crippen LogP contribution in [0.4, 0.5) is 5.82 Å². The van der Waals surface area contributed by atoms with Crippen molar-refractivity contribution < 1.29 is 0 Å². The highest BCUT2D eigenvalue weighted by Crippen LogP contribution is 2.17. The van der Waals surface area contributed by atoms with Gasteiger partial charge in [-0.25, -0.2) is 5.84 Å². The first kappa shape index (κ1) is 6.30. The Bertz CT molecular complexity index is 299. The average Bonchev–Trinajstić information content (AvgIpc) is 2.34. The van der Waals surface area contributed by atoms with Gasteiger partial charge in [0.25, 0.3) is 0 Å². The van der Waals surface area contributed by atoms with E-state index in [1.54, 1.807) is 6.20 Å². The molecule has 1 aliphatic heterocycles. The summed E-state index contributed by atoms with van der Waals surface area (Å²) in [5, 5.41) is 1.53. The highest BCUT2D eigenvalue weighted by atomic mass is 15.4. The van der Waals surface area contributed by atoms with Crippen molar-refractivity contribution in [1.82, 2.24) is 4.57 Å². The minimum absolute atomic E-state index is 0.732. The van der Waals surface area contributed by atoms with Crippen LogP contribution >= 0.6 is 0 Å². The molecule has 58 valence electrons. The predicted octanol–water partition coefficient (Wildman–Crippen LogP) is -0.0181. The Kier molecular flexibility index (Phi) is 1.16. The van der Waals surface area contributed by atoms with E-state index >= 15 is 0 Å². The standard InChI is InChI=1S/C7H10N4/c8-6-4-10-3-1-2-7(10)11(9)5-6/h1-3,5H,4,8-9H2. The lowest BCUT2D eigenvalue weighted by atomic mass is 10.4. The predicted molar refractivity (Wildman–Crippen MR) is 43.4 cm³/mol. The number of anilines is 1. The third kappa shape index (κ3) is 0.877. The summed E-state index contributed by atoms with van der Waals surface area (Å²) in [4.78, 5) is 0. The first-order chi connectivity index (χ1) is 5.27. The molecular weight excluding hydrogens is 140 g/mol. The van der Waals surface area contributed by atoms with E-state index in [2.05, 4.69) is 0 Å². The van der Waals surface area contributed by atoms with Crippen LogP contribution < -0.4 is 16.6 Å². The zero-order valence-corrected chi connectivity index (χ0v) is 6.07. The van der Waals surface area contributed by atoms with Gasteiger partial charge >= 0.3 is 0 Å². The molecule has 1 aliphatic rings. The van der Waals surface area contributed by atoms with Gasteiger partial charge in [-0.15, -0.1) is 0 Å². The van der Waals surface area contributed by atoms with Crippen LogP contribution in [0, 0.1) is 0 Å². The third-order valence-corrected chi connectivity index (χ3v) is 1.73. The van der Waals surface area contributed by atoms with Crippen LogP contribution in [0.3, 0.4) is 0 Å². The molecule has 0 saturated heterocycles. The number of hydrogen-bond acceptors (Lipinski definition) is 3. The number of fused-ring (bicyclic) bond motifs is 1. The maximum atomic E-state index is 5.64. The minimum atomic E-state index is 0.732. The summed E-state index contributed by atoms with van der Waals surface area (Å²) in [5.74, 6) is 6.61. The van der Waals surface area contributed by atoms with E-state index in [1.165, 1.54) is 5.01 Å². The van der Waals surface area contributed by atoms with Gasteiger partial charge in [0.2, 0.25) is 0 Å². The highest BCUT2D eigenvalue weighted by molar-refractivity contribution is 5.45. The molecule has 0 atom stereocenters. The molecule has 0 bridgehead atoms. The molecule has 0 unspecified atom stereocenters. The Labute approximate surface area is 64.7 Å². The molecule has 4 nitrogen and oxygen atoms in total. The Morgan fingerprint density at radius 3 is 3.09 bits per heavy atom. The quantitative estimate of drug-likeness (QED) is 0.511. The van der Waals surface area contributed by atoms with Crippen molar-refractivity contribution >= 4 is 5.82 Å². The van der Waals surface area contributed by atoms with E-state index in [1.807, 2.05) is 22.9 Å². The second-order valence-corrected chi connectivity index (χ2v) is 2.61. The SMILES string of the molecule is NC1=CN(N)c2cccn2C1. The summed E-state index contributed by atoms with van der Waals surface area (Å²) in [6, 6.07) is 3.89. The Balaban J connectivity index is 2.45. The molecule has 1 aromatic rings. The molecule has 0 aliphatic carbocycles. The molecule has 0 amide bonds. The number of hydrazine groups is 1. The molecule has 1 aromatic heterocycles. The average molecular weight is 150 g/mol. The summed E-state index contributed by atoms with van der Waals surface area (Å²) in [5.41, 5.74) is 6.39. The smallest absolute Gasteiger partial charge is 0.127 e. The number of nitrogens with zero attached hydrogens (tertiary/aromatic N) is 2. The fraction of sp³-hybridized carbons (Fsp3) is 0.143. The second-order valence-electron chi connectivity index (χ2n) is 2.61. The summed E-state index contributed by atoms with van der Waals surface area (Å²) >= 11 is 0. The summed E-state index contributed by atoms with van der Waals surface area (Å²) in [6.45, 7) is 0.732. The van der Waals surface area contributed by atoms with E-state index in [0.29, 0.717) is 0 Å². The van der Waals surface area contributed by atoms with Crippen LogP contribution in [-0.4, -0.2) is 4.57 Å². The Morgan fingerprint density at radius 1 is 1.45 bits per heavy atom. The van der Waals surface area contributed by atoms with E-state index in [0.717, 1.165) is 18.1 Å². The molecule has 0 fully saturated rings. The van der Waals surface area contributed by atoms with E-state index in [9.17, 15) is 0 Å². The van der Waals surface area contributed by atoms with Crippen LogP contribution in [0.25, 0.3) is 0 Å². The molecule has 4 N–H and O–H groups in total. The Morgan fingerprint density at radius 2 is 2.27 bits per heavy atom. The number of aromatic nitrogens is 1. The van der Waals surface area contributed by atoms with Gasteiger partial charge in [-0.3, -0.25) is 5.01 Å². The summed E-state index contributed by atoms with van der Waals surface area (Å²) in [7, 11) is 0. The lowest BCUT2D eigenvalue weighted by Gasteiger charge is -2.22.